The molecule has 0 fully saturated rings. The number of hydrogen-bond donors (Lipinski definition) is 1. The van der Waals surface area contributed by atoms with E-state index in [1.807, 2.05) is 11.5 Å². The lowest BCUT2D eigenvalue weighted by Crippen LogP contribution is -2.04. The Morgan fingerprint density at radius 2 is 2.33 bits per heavy atom. The van der Waals surface area contributed by atoms with Crippen molar-refractivity contribution >= 4 is 17.5 Å². The Balaban J connectivity index is 2.33. The lowest BCUT2D eigenvalue weighted by molar-refractivity contribution is 0.627. The summed E-state index contributed by atoms with van der Waals surface area (Å²) in [6.45, 7) is 0. The minimum absolute atomic E-state index is 0.188. The molecule has 0 bridgehead atoms. The molecule has 1 aliphatic rings. The molecule has 1 aliphatic heterocycles. The summed E-state index contributed by atoms with van der Waals surface area (Å²) < 4.78 is 12.8. The molecule has 0 saturated heterocycles. The highest BCUT2D eigenvalue weighted by Gasteiger charge is 2.06. The zero-order chi connectivity index (χ0) is 8.39. The van der Waals surface area contributed by atoms with Crippen LogP contribution in [0.2, 0.25) is 0 Å². The highest BCUT2D eigenvalue weighted by molar-refractivity contribution is 8.02. The summed E-state index contributed by atoms with van der Waals surface area (Å²) in [6, 6.07) is 6.60. The molecule has 0 atom stereocenters. The molecular formula is C9H8FNS. The van der Waals surface area contributed by atoms with Crippen LogP contribution in [-0.2, 0) is 0 Å². The number of halogens is 1. The van der Waals surface area contributed by atoms with Gasteiger partial charge in [0.05, 0.1) is 5.88 Å². The molecule has 1 nitrogen and oxygen atoms in total. The molecule has 1 aromatic rings. The lowest BCUT2D eigenvalue weighted by Gasteiger charge is -2.02. The van der Waals surface area contributed by atoms with Crippen molar-refractivity contribution in [1.29, 1.82) is 0 Å². The van der Waals surface area contributed by atoms with Gasteiger partial charge in [0.15, 0.2) is 0 Å². The third-order valence-electron chi connectivity index (χ3n) is 1.68. The molecule has 0 unspecified atom stereocenters. The summed E-state index contributed by atoms with van der Waals surface area (Å²) in [5.74, 6) is 0.693. The average Bonchev–Trinajstić information content (AvgIpc) is 2.56. The molecule has 0 aliphatic carbocycles. The van der Waals surface area contributed by atoms with Crippen molar-refractivity contribution in [3.05, 3.63) is 41.1 Å². The van der Waals surface area contributed by atoms with E-state index >= 15 is 0 Å². The van der Waals surface area contributed by atoms with Crippen molar-refractivity contribution in [2.75, 3.05) is 5.88 Å². The monoisotopic (exact) mass is 181 g/mol. The maximum Gasteiger partial charge on any atom is 0.123 e. The maximum absolute atomic E-state index is 12.8. The van der Waals surface area contributed by atoms with Crippen LogP contribution in [0.3, 0.4) is 0 Å². The van der Waals surface area contributed by atoms with Crippen molar-refractivity contribution in [3.63, 3.8) is 0 Å². The molecule has 0 saturated carbocycles. The van der Waals surface area contributed by atoms with Gasteiger partial charge in [-0.25, -0.2) is 4.39 Å². The van der Waals surface area contributed by atoms with Gasteiger partial charge in [-0.05, 0) is 17.5 Å². The van der Waals surface area contributed by atoms with Crippen molar-refractivity contribution < 1.29 is 4.39 Å². The largest absolute Gasteiger partial charge is 0.375 e. The van der Waals surface area contributed by atoms with E-state index in [9.17, 15) is 4.39 Å². The summed E-state index contributed by atoms with van der Waals surface area (Å²) in [7, 11) is 0. The Bertz CT molecular complexity index is 322. The number of benzene rings is 1. The van der Waals surface area contributed by atoms with E-state index in [0.29, 0.717) is 0 Å². The van der Waals surface area contributed by atoms with Gasteiger partial charge in [0.1, 0.15) is 5.82 Å². The molecule has 1 aromatic carbocycles. The summed E-state index contributed by atoms with van der Waals surface area (Å²) in [6.07, 6.45) is 0. The highest BCUT2D eigenvalue weighted by Crippen LogP contribution is 2.21. The smallest absolute Gasteiger partial charge is 0.123 e. The van der Waals surface area contributed by atoms with Gasteiger partial charge in [-0.1, -0.05) is 12.1 Å². The van der Waals surface area contributed by atoms with E-state index in [-0.39, 0.29) is 5.82 Å². The van der Waals surface area contributed by atoms with E-state index in [1.54, 1.807) is 17.8 Å². The normalized spacial score (nSPS) is 15.6. The first-order valence-electron chi connectivity index (χ1n) is 3.68. The average molecular weight is 181 g/mol. The van der Waals surface area contributed by atoms with Crippen LogP contribution in [0.25, 0.3) is 5.70 Å². The van der Waals surface area contributed by atoms with E-state index in [4.69, 9.17) is 0 Å². The second-order valence-corrected chi connectivity index (χ2v) is 3.39. The van der Waals surface area contributed by atoms with Crippen LogP contribution >= 0.6 is 11.8 Å². The first-order chi connectivity index (χ1) is 5.86. The summed E-state index contributed by atoms with van der Waals surface area (Å²) in [5, 5.41) is 5.17. The van der Waals surface area contributed by atoms with E-state index in [2.05, 4.69) is 5.32 Å². The van der Waals surface area contributed by atoms with Crippen LogP contribution in [0.4, 0.5) is 4.39 Å². The second-order valence-electron chi connectivity index (χ2n) is 2.53. The highest BCUT2D eigenvalue weighted by atomic mass is 32.2. The fraction of sp³-hybridized carbons (Fsp3) is 0.111. The minimum Gasteiger partial charge on any atom is -0.375 e. The molecule has 2 rings (SSSR count). The molecule has 0 aromatic heterocycles. The van der Waals surface area contributed by atoms with Gasteiger partial charge < -0.3 is 5.32 Å². The molecular weight excluding hydrogens is 173 g/mol. The standard InChI is InChI=1S/C9H8FNS/c10-8-3-1-2-7(4-8)9-5-12-6-11-9/h1-5,11H,6H2. The van der Waals surface area contributed by atoms with Gasteiger partial charge >= 0.3 is 0 Å². The zero-order valence-electron chi connectivity index (χ0n) is 6.38. The van der Waals surface area contributed by atoms with Crippen LogP contribution in [0, 0.1) is 5.82 Å². The van der Waals surface area contributed by atoms with Crippen molar-refractivity contribution in [1.82, 2.24) is 5.32 Å². The summed E-state index contributed by atoms with van der Waals surface area (Å²) in [4.78, 5) is 0. The van der Waals surface area contributed by atoms with Crippen LogP contribution in [0.15, 0.2) is 29.7 Å². The van der Waals surface area contributed by atoms with Crippen molar-refractivity contribution in [2.24, 2.45) is 0 Å². The lowest BCUT2D eigenvalue weighted by atomic mass is 10.2. The van der Waals surface area contributed by atoms with Gasteiger partial charge in [0, 0.05) is 11.3 Å². The van der Waals surface area contributed by atoms with Crippen LogP contribution in [0.5, 0.6) is 0 Å². The van der Waals surface area contributed by atoms with Crippen LogP contribution in [0.1, 0.15) is 5.56 Å². The molecule has 1 N–H and O–H groups in total. The number of hydrogen-bond acceptors (Lipinski definition) is 2. The SMILES string of the molecule is Fc1cccc(C2=CSCN2)c1. The molecule has 3 heteroatoms. The van der Waals surface area contributed by atoms with Gasteiger partial charge in [-0.3, -0.25) is 0 Å². The summed E-state index contributed by atoms with van der Waals surface area (Å²) in [5.41, 5.74) is 1.93. The van der Waals surface area contributed by atoms with E-state index in [0.717, 1.165) is 17.1 Å². The number of nitrogens with one attached hydrogen (secondary N) is 1. The number of thioether (sulfide) groups is 1. The van der Waals surface area contributed by atoms with Crippen molar-refractivity contribution in [2.45, 2.75) is 0 Å². The third kappa shape index (κ3) is 1.46. The third-order valence-corrected chi connectivity index (χ3v) is 2.40. The predicted molar refractivity (Wildman–Crippen MR) is 50.0 cm³/mol. The Hall–Kier alpha value is -0.960. The summed E-state index contributed by atoms with van der Waals surface area (Å²) >= 11 is 1.69. The fourth-order valence-corrected chi connectivity index (χ4v) is 1.82. The topological polar surface area (TPSA) is 12.0 Å². The minimum atomic E-state index is -0.188. The molecule has 0 spiro atoms. The molecule has 62 valence electrons. The molecule has 0 amide bonds. The Labute approximate surface area is 74.7 Å². The van der Waals surface area contributed by atoms with E-state index < -0.39 is 0 Å². The van der Waals surface area contributed by atoms with E-state index in [1.165, 1.54) is 12.1 Å². The predicted octanol–water partition coefficient (Wildman–Crippen LogP) is 2.42. The first kappa shape index (κ1) is 7.68. The molecule has 12 heavy (non-hydrogen) atoms. The van der Waals surface area contributed by atoms with Crippen LogP contribution < -0.4 is 5.32 Å². The maximum atomic E-state index is 12.8. The zero-order valence-corrected chi connectivity index (χ0v) is 7.20. The van der Waals surface area contributed by atoms with Crippen LogP contribution in [-0.4, -0.2) is 5.88 Å². The van der Waals surface area contributed by atoms with Gasteiger partial charge in [-0.15, -0.1) is 11.8 Å². The van der Waals surface area contributed by atoms with Crippen molar-refractivity contribution in [3.8, 4) is 0 Å². The first-order valence-corrected chi connectivity index (χ1v) is 4.73. The van der Waals surface area contributed by atoms with Gasteiger partial charge in [0.25, 0.3) is 0 Å². The fourth-order valence-electron chi connectivity index (χ4n) is 1.11. The van der Waals surface area contributed by atoms with Gasteiger partial charge in [0.2, 0.25) is 0 Å². The Morgan fingerprint density at radius 1 is 1.42 bits per heavy atom. The number of rotatable bonds is 1. The molecule has 0 radical (unpaired) electrons. The quantitative estimate of drug-likeness (QED) is 0.714. The Morgan fingerprint density at radius 3 is 3.00 bits per heavy atom. The van der Waals surface area contributed by atoms with Gasteiger partial charge in [-0.2, -0.15) is 0 Å². The molecule has 1 heterocycles. The Kier molecular flexibility index (Phi) is 2.04. The second kappa shape index (κ2) is 3.19.